The SMILES string of the molecule is C=CCS(=O)C(C)O. The van der Waals surface area contributed by atoms with Gasteiger partial charge in [-0.15, -0.1) is 6.58 Å². The first-order valence-electron chi connectivity index (χ1n) is 2.34. The molecule has 1 N–H and O–H groups in total. The Kier molecular flexibility index (Phi) is 3.73. The van der Waals surface area contributed by atoms with Gasteiger partial charge >= 0.3 is 0 Å². The highest BCUT2D eigenvalue weighted by Crippen LogP contribution is 1.89. The second-order valence-corrected chi connectivity index (χ2v) is 3.21. The van der Waals surface area contributed by atoms with Crippen molar-refractivity contribution in [2.24, 2.45) is 0 Å². The quantitative estimate of drug-likeness (QED) is 0.562. The molecule has 0 heterocycles. The van der Waals surface area contributed by atoms with Crippen LogP contribution in [0.25, 0.3) is 0 Å². The van der Waals surface area contributed by atoms with Crippen LogP contribution in [0.4, 0.5) is 0 Å². The Balaban J connectivity index is 3.48. The first-order valence-corrected chi connectivity index (χ1v) is 3.73. The fourth-order valence-corrected chi connectivity index (χ4v) is 0.766. The van der Waals surface area contributed by atoms with Crippen molar-refractivity contribution in [3.05, 3.63) is 12.7 Å². The summed E-state index contributed by atoms with van der Waals surface area (Å²) in [6, 6.07) is 0. The third-order valence-electron chi connectivity index (χ3n) is 0.663. The van der Waals surface area contributed by atoms with Crippen LogP contribution in [-0.2, 0) is 10.8 Å². The van der Waals surface area contributed by atoms with Gasteiger partial charge in [0.05, 0.1) is 10.8 Å². The van der Waals surface area contributed by atoms with Crippen LogP contribution in [0.3, 0.4) is 0 Å². The Morgan fingerprint density at radius 1 is 2.00 bits per heavy atom. The van der Waals surface area contributed by atoms with Crippen molar-refractivity contribution in [2.75, 3.05) is 5.75 Å². The molecule has 0 spiro atoms. The van der Waals surface area contributed by atoms with Gasteiger partial charge in [-0.1, -0.05) is 6.08 Å². The number of rotatable bonds is 3. The van der Waals surface area contributed by atoms with Gasteiger partial charge in [-0.25, -0.2) is 0 Å². The van der Waals surface area contributed by atoms with Crippen LogP contribution in [0.1, 0.15) is 6.92 Å². The van der Waals surface area contributed by atoms with Crippen LogP contribution < -0.4 is 0 Å². The van der Waals surface area contributed by atoms with E-state index in [1.165, 1.54) is 13.0 Å². The van der Waals surface area contributed by atoms with Crippen molar-refractivity contribution in [3.8, 4) is 0 Å². The van der Waals surface area contributed by atoms with Crippen molar-refractivity contribution < 1.29 is 9.32 Å². The van der Waals surface area contributed by atoms with Gasteiger partial charge in [-0.05, 0) is 6.92 Å². The van der Waals surface area contributed by atoms with Gasteiger partial charge in [0, 0.05) is 5.75 Å². The number of hydrogen-bond acceptors (Lipinski definition) is 2. The van der Waals surface area contributed by atoms with Crippen molar-refractivity contribution in [2.45, 2.75) is 12.4 Å². The van der Waals surface area contributed by atoms with E-state index in [9.17, 15) is 4.21 Å². The first kappa shape index (κ1) is 7.85. The summed E-state index contributed by atoms with van der Waals surface area (Å²) in [5, 5.41) is 8.60. The lowest BCUT2D eigenvalue weighted by molar-refractivity contribution is 0.277. The second-order valence-electron chi connectivity index (χ2n) is 1.44. The number of hydrogen-bond donors (Lipinski definition) is 1. The fourth-order valence-electron chi connectivity index (χ4n) is 0.255. The van der Waals surface area contributed by atoms with E-state index in [0.29, 0.717) is 5.75 Å². The molecule has 48 valence electrons. The third kappa shape index (κ3) is 2.93. The van der Waals surface area contributed by atoms with Crippen molar-refractivity contribution >= 4 is 10.8 Å². The predicted octanol–water partition coefficient (Wildman–Crippen LogP) is 0.259. The Morgan fingerprint density at radius 2 is 2.50 bits per heavy atom. The molecular weight excluding hydrogens is 124 g/mol. The molecule has 0 aliphatic carbocycles. The lowest BCUT2D eigenvalue weighted by Gasteiger charge is -1.98. The second kappa shape index (κ2) is 3.80. The van der Waals surface area contributed by atoms with Gasteiger partial charge in [-0.3, -0.25) is 4.21 Å². The molecule has 0 saturated heterocycles. The molecule has 0 rings (SSSR count). The molecule has 0 radical (unpaired) electrons. The molecular formula is C5H10O2S. The third-order valence-corrected chi connectivity index (χ3v) is 1.99. The van der Waals surface area contributed by atoms with Gasteiger partial charge in [0.15, 0.2) is 0 Å². The molecule has 0 bridgehead atoms. The van der Waals surface area contributed by atoms with Crippen LogP contribution in [0.15, 0.2) is 12.7 Å². The molecule has 0 aliphatic rings. The summed E-state index contributed by atoms with van der Waals surface area (Å²) in [6.45, 7) is 4.88. The van der Waals surface area contributed by atoms with Crippen LogP contribution in [0.5, 0.6) is 0 Å². The zero-order chi connectivity index (χ0) is 6.57. The van der Waals surface area contributed by atoms with Gasteiger partial charge < -0.3 is 5.11 Å². The molecule has 0 fully saturated rings. The molecule has 2 atom stereocenters. The zero-order valence-corrected chi connectivity index (χ0v) is 5.65. The monoisotopic (exact) mass is 134 g/mol. The maximum absolute atomic E-state index is 10.5. The van der Waals surface area contributed by atoms with E-state index in [-0.39, 0.29) is 0 Å². The minimum atomic E-state index is -1.13. The van der Waals surface area contributed by atoms with Gasteiger partial charge in [-0.2, -0.15) is 0 Å². The van der Waals surface area contributed by atoms with E-state index in [1.807, 2.05) is 0 Å². The molecule has 2 unspecified atom stereocenters. The minimum absolute atomic E-state index is 0.373. The summed E-state index contributed by atoms with van der Waals surface area (Å²) >= 11 is 0. The maximum atomic E-state index is 10.5. The Morgan fingerprint density at radius 3 is 2.62 bits per heavy atom. The zero-order valence-electron chi connectivity index (χ0n) is 4.83. The van der Waals surface area contributed by atoms with Crippen molar-refractivity contribution in [1.82, 2.24) is 0 Å². The normalized spacial score (nSPS) is 17.2. The van der Waals surface area contributed by atoms with E-state index in [4.69, 9.17) is 5.11 Å². The van der Waals surface area contributed by atoms with E-state index in [1.54, 1.807) is 0 Å². The highest BCUT2D eigenvalue weighted by Gasteiger charge is 2.01. The van der Waals surface area contributed by atoms with Crippen LogP contribution in [-0.4, -0.2) is 20.5 Å². The predicted molar refractivity (Wildman–Crippen MR) is 34.9 cm³/mol. The maximum Gasteiger partial charge on any atom is 0.126 e. The van der Waals surface area contributed by atoms with Gasteiger partial charge in [0.2, 0.25) is 0 Å². The van der Waals surface area contributed by atoms with Crippen LogP contribution in [0.2, 0.25) is 0 Å². The molecule has 0 saturated carbocycles. The summed E-state index contributed by atoms with van der Waals surface area (Å²) < 4.78 is 10.5. The van der Waals surface area contributed by atoms with E-state index in [0.717, 1.165) is 0 Å². The smallest absolute Gasteiger partial charge is 0.126 e. The molecule has 0 aromatic carbocycles. The number of aliphatic hydroxyl groups excluding tert-OH is 1. The summed E-state index contributed by atoms with van der Waals surface area (Å²) in [6.07, 6.45) is 1.53. The lowest BCUT2D eigenvalue weighted by atomic mass is 10.8. The largest absolute Gasteiger partial charge is 0.380 e. The van der Waals surface area contributed by atoms with Gasteiger partial charge in [0.25, 0.3) is 0 Å². The average Bonchev–Trinajstić information content (AvgIpc) is 1.67. The lowest BCUT2D eigenvalue weighted by Crippen LogP contribution is -2.10. The molecule has 0 amide bonds. The summed E-state index contributed by atoms with van der Waals surface area (Å²) in [5.41, 5.74) is -0.729. The Bertz CT molecular complexity index is 98.6. The molecule has 0 aromatic rings. The van der Waals surface area contributed by atoms with Crippen LogP contribution >= 0.6 is 0 Å². The first-order chi connectivity index (χ1) is 3.68. The molecule has 2 nitrogen and oxygen atoms in total. The van der Waals surface area contributed by atoms with Crippen molar-refractivity contribution in [1.29, 1.82) is 0 Å². The van der Waals surface area contributed by atoms with E-state index in [2.05, 4.69) is 6.58 Å². The highest BCUT2D eigenvalue weighted by molar-refractivity contribution is 7.85. The summed E-state index contributed by atoms with van der Waals surface area (Å²) in [4.78, 5) is 0. The van der Waals surface area contributed by atoms with Gasteiger partial charge in [0.1, 0.15) is 5.44 Å². The Hall–Kier alpha value is -0.150. The number of aliphatic hydroxyl groups is 1. The molecule has 3 heteroatoms. The average molecular weight is 134 g/mol. The summed E-state index contributed by atoms with van der Waals surface area (Å²) in [5.74, 6) is 0.373. The minimum Gasteiger partial charge on any atom is -0.380 e. The fraction of sp³-hybridized carbons (Fsp3) is 0.600. The van der Waals surface area contributed by atoms with E-state index >= 15 is 0 Å². The van der Waals surface area contributed by atoms with Crippen molar-refractivity contribution in [3.63, 3.8) is 0 Å². The molecule has 8 heavy (non-hydrogen) atoms. The Labute approximate surface area is 51.7 Å². The standard InChI is InChI=1S/C5H10O2S/c1-3-4-8(7)5(2)6/h3,5-6H,1,4H2,2H3. The topological polar surface area (TPSA) is 37.3 Å². The van der Waals surface area contributed by atoms with E-state index < -0.39 is 16.2 Å². The van der Waals surface area contributed by atoms with Crippen LogP contribution in [0, 0.1) is 0 Å². The molecule has 0 aromatic heterocycles. The highest BCUT2D eigenvalue weighted by atomic mass is 32.2. The molecule has 0 aliphatic heterocycles. The summed E-state index contributed by atoms with van der Waals surface area (Å²) in [7, 11) is -1.13.